The van der Waals surface area contributed by atoms with Crippen molar-refractivity contribution in [3.63, 3.8) is 0 Å². The summed E-state index contributed by atoms with van der Waals surface area (Å²) in [5.41, 5.74) is 0.438. The average Bonchev–Trinajstić information content (AvgIpc) is 3.21. The van der Waals surface area contributed by atoms with E-state index in [-0.39, 0.29) is 28.5 Å². The summed E-state index contributed by atoms with van der Waals surface area (Å²) in [6.45, 7) is 3.06. The van der Waals surface area contributed by atoms with Crippen LogP contribution in [-0.2, 0) is 20.9 Å². The quantitative estimate of drug-likeness (QED) is 0.608. The Balaban J connectivity index is 1.20. The molecule has 2 heterocycles. The van der Waals surface area contributed by atoms with Crippen LogP contribution >= 0.6 is 0 Å². The van der Waals surface area contributed by atoms with Gasteiger partial charge in [-0.3, -0.25) is 0 Å². The number of rotatable bonds is 5. The maximum Gasteiger partial charge on any atom is 0.416 e. The van der Waals surface area contributed by atoms with Crippen molar-refractivity contribution < 1.29 is 30.7 Å². The van der Waals surface area contributed by atoms with Gasteiger partial charge in [0.25, 0.3) is 0 Å². The molecular weight excluding hydrogens is 460 g/mol. The average molecular weight is 484 g/mol. The highest BCUT2D eigenvalue weighted by Gasteiger charge is 2.57. The third kappa shape index (κ3) is 4.36. The fourth-order valence-electron chi connectivity index (χ4n) is 4.85. The Labute approximate surface area is 190 Å². The van der Waals surface area contributed by atoms with Gasteiger partial charge in [-0.05, 0) is 66.1 Å². The van der Waals surface area contributed by atoms with Crippen LogP contribution in [0.3, 0.4) is 0 Å². The molecular formula is C23H23F4N2O3S. The predicted octanol–water partition coefficient (Wildman–Crippen LogP) is 3.80. The highest BCUT2D eigenvalue weighted by Crippen LogP contribution is 2.55. The van der Waals surface area contributed by atoms with Crippen molar-refractivity contribution in [3.05, 3.63) is 65.8 Å². The van der Waals surface area contributed by atoms with E-state index in [1.54, 1.807) is 6.07 Å². The summed E-state index contributed by atoms with van der Waals surface area (Å²) >= 11 is 0. The molecule has 177 valence electrons. The highest BCUT2D eigenvalue weighted by atomic mass is 32.2. The van der Waals surface area contributed by atoms with Gasteiger partial charge in [0.1, 0.15) is 5.82 Å². The summed E-state index contributed by atoms with van der Waals surface area (Å²) in [5, 5.41) is 0. The lowest BCUT2D eigenvalue weighted by atomic mass is 10.0. The largest absolute Gasteiger partial charge is 0.416 e. The van der Waals surface area contributed by atoms with Crippen molar-refractivity contribution in [2.45, 2.75) is 11.1 Å². The number of fused-ring (bicyclic) bond motifs is 1. The lowest BCUT2D eigenvalue weighted by Gasteiger charge is -2.29. The Hall–Kier alpha value is -2.17. The van der Waals surface area contributed by atoms with Gasteiger partial charge in [-0.1, -0.05) is 6.07 Å². The number of nitrogens with zero attached hydrogens (tertiary/aromatic N) is 2. The van der Waals surface area contributed by atoms with Gasteiger partial charge in [-0.15, -0.1) is 0 Å². The standard InChI is InChI=1S/C23H23F4N2O3S/c24-21-12-15(1-6-22(21)28-7-9-32-10-8-28)11-18-19-13-29(14-20(18)19)33(30,31)17-4-2-16(3-5-17)23(25,26)27/h1-6,11-12,18-20H,7-10,13-14H2. The molecule has 0 N–H and O–H groups in total. The molecule has 33 heavy (non-hydrogen) atoms. The van der Waals surface area contributed by atoms with Gasteiger partial charge in [0.15, 0.2) is 0 Å². The summed E-state index contributed by atoms with van der Waals surface area (Å²) in [6, 6.07) is 8.74. The third-order valence-electron chi connectivity index (χ3n) is 6.75. The number of hydrogen-bond acceptors (Lipinski definition) is 4. The highest BCUT2D eigenvalue weighted by molar-refractivity contribution is 7.89. The second kappa shape index (κ2) is 8.25. The minimum absolute atomic E-state index is 0.135. The summed E-state index contributed by atoms with van der Waals surface area (Å²) in [4.78, 5) is 1.82. The first-order valence-electron chi connectivity index (χ1n) is 10.8. The molecule has 5 nitrogen and oxygen atoms in total. The van der Waals surface area contributed by atoms with E-state index in [2.05, 4.69) is 0 Å². The number of anilines is 1. The minimum Gasteiger partial charge on any atom is -0.378 e. The van der Waals surface area contributed by atoms with E-state index in [0.29, 0.717) is 45.1 Å². The van der Waals surface area contributed by atoms with Crippen molar-refractivity contribution in [1.29, 1.82) is 0 Å². The molecule has 0 aromatic heterocycles. The molecule has 2 atom stereocenters. The molecule has 2 saturated heterocycles. The predicted molar refractivity (Wildman–Crippen MR) is 114 cm³/mol. The van der Waals surface area contributed by atoms with E-state index >= 15 is 0 Å². The molecule has 2 aromatic rings. The van der Waals surface area contributed by atoms with E-state index in [9.17, 15) is 26.0 Å². The Bertz CT molecular complexity index is 1120. The Morgan fingerprint density at radius 1 is 0.970 bits per heavy atom. The molecule has 10 heteroatoms. The van der Waals surface area contributed by atoms with E-state index in [4.69, 9.17) is 4.74 Å². The van der Waals surface area contributed by atoms with Gasteiger partial charge in [0.2, 0.25) is 10.0 Å². The summed E-state index contributed by atoms with van der Waals surface area (Å²) in [6.07, 6.45) is -2.52. The molecule has 0 bridgehead atoms. The van der Waals surface area contributed by atoms with E-state index in [1.165, 1.54) is 10.4 Å². The topological polar surface area (TPSA) is 49.9 Å². The van der Waals surface area contributed by atoms with Crippen molar-refractivity contribution in [1.82, 2.24) is 4.31 Å². The number of alkyl halides is 3. The third-order valence-corrected chi connectivity index (χ3v) is 8.60. The molecule has 3 aliphatic rings. The zero-order valence-electron chi connectivity index (χ0n) is 17.6. The minimum atomic E-state index is -4.51. The van der Waals surface area contributed by atoms with Gasteiger partial charge >= 0.3 is 6.18 Å². The van der Waals surface area contributed by atoms with Crippen LogP contribution in [0.1, 0.15) is 11.1 Å². The number of morpholine rings is 1. The molecule has 2 unspecified atom stereocenters. The fraction of sp³-hybridized carbons (Fsp3) is 0.435. The number of piperidine rings is 1. The van der Waals surface area contributed by atoms with Gasteiger partial charge in [-0.25, -0.2) is 12.8 Å². The lowest BCUT2D eigenvalue weighted by Crippen LogP contribution is -2.36. The molecule has 3 fully saturated rings. The maximum atomic E-state index is 14.6. The molecule has 1 aliphatic carbocycles. The second-order valence-corrected chi connectivity index (χ2v) is 10.7. The van der Waals surface area contributed by atoms with Gasteiger partial charge in [-0.2, -0.15) is 17.5 Å². The van der Waals surface area contributed by atoms with Crippen LogP contribution in [0.5, 0.6) is 0 Å². The Morgan fingerprint density at radius 3 is 2.18 bits per heavy atom. The molecule has 5 rings (SSSR count). The molecule has 2 aliphatic heterocycles. The van der Waals surface area contributed by atoms with Crippen molar-refractivity contribution in [2.24, 2.45) is 17.8 Å². The van der Waals surface area contributed by atoms with E-state index < -0.39 is 21.8 Å². The Kier molecular flexibility index (Phi) is 5.65. The number of ether oxygens (including phenoxy) is 1. The van der Waals surface area contributed by atoms with Gasteiger partial charge in [0.05, 0.1) is 29.4 Å². The second-order valence-electron chi connectivity index (χ2n) is 8.73. The molecule has 0 spiro atoms. The number of hydrogen-bond donors (Lipinski definition) is 0. The van der Waals surface area contributed by atoms with Gasteiger partial charge < -0.3 is 9.64 Å². The van der Waals surface area contributed by atoms with E-state index in [1.807, 2.05) is 17.4 Å². The first-order chi connectivity index (χ1) is 15.6. The normalized spacial score (nSPS) is 25.8. The van der Waals surface area contributed by atoms with Crippen LogP contribution in [0, 0.1) is 30.0 Å². The molecule has 0 amide bonds. The maximum absolute atomic E-state index is 14.6. The van der Waals surface area contributed by atoms with Crippen molar-refractivity contribution >= 4 is 15.7 Å². The van der Waals surface area contributed by atoms with Gasteiger partial charge in [0, 0.05) is 26.2 Å². The lowest BCUT2D eigenvalue weighted by molar-refractivity contribution is -0.137. The first-order valence-corrected chi connectivity index (χ1v) is 12.2. The van der Waals surface area contributed by atoms with Crippen LogP contribution < -0.4 is 4.90 Å². The SMILES string of the molecule is O=S(=O)(c1ccc(C(F)(F)F)cc1)N1CC2C([CH]c3ccc(N4CCOCC4)c(F)c3)C2C1. The summed E-state index contributed by atoms with van der Waals surface area (Å²) in [7, 11) is -3.85. The zero-order valence-corrected chi connectivity index (χ0v) is 18.4. The first kappa shape index (κ1) is 22.6. The number of sulfonamides is 1. The van der Waals surface area contributed by atoms with Crippen molar-refractivity contribution in [2.75, 3.05) is 44.3 Å². The fourth-order valence-corrected chi connectivity index (χ4v) is 6.37. The van der Waals surface area contributed by atoms with Crippen LogP contribution in [0.2, 0.25) is 0 Å². The molecule has 1 saturated carbocycles. The van der Waals surface area contributed by atoms with Crippen LogP contribution in [-0.4, -0.2) is 52.1 Å². The van der Waals surface area contributed by atoms with Crippen LogP contribution in [0.4, 0.5) is 23.2 Å². The molecule has 1 radical (unpaired) electrons. The monoisotopic (exact) mass is 483 g/mol. The van der Waals surface area contributed by atoms with E-state index in [0.717, 1.165) is 29.8 Å². The van der Waals surface area contributed by atoms with Crippen LogP contribution in [0.25, 0.3) is 0 Å². The summed E-state index contributed by atoms with van der Waals surface area (Å²) < 4.78 is 85.2. The van der Waals surface area contributed by atoms with Crippen LogP contribution in [0.15, 0.2) is 47.4 Å². The van der Waals surface area contributed by atoms with Crippen molar-refractivity contribution in [3.8, 4) is 0 Å². The number of halogens is 4. The zero-order chi connectivity index (χ0) is 23.4. The number of benzene rings is 2. The molecule has 2 aromatic carbocycles. The summed E-state index contributed by atoms with van der Waals surface area (Å²) in [5.74, 6) is 0.146. The Morgan fingerprint density at radius 2 is 1.61 bits per heavy atom. The smallest absolute Gasteiger partial charge is 0.378 e.